The van der Waals surface area contributed by atoms with Crippen LogP contribution >= 0.6 is 0 Å². The van der Waals surface area contributed by atoms with Gasteiger partial charge in [0.2, 0.25) is 0 Å². The summed E-state index contributed by atoms with van der Waals surface area (Å²) in [6.07, 6.45) is 5.09. The van der Waals surface area contributed by atoms with Crippen molar-refractivity contribution in [1.29, 1.82) is 0 Å². The second kappa shape index (κ2) is 4.02. The number of carbonyl (C=O) groups excluding carboxylic acids is 1. The van der Waals surface area contributed by atoms with Crippen molar-refractivity contribution in [3.05, 3.63) is 18.7 Å². The van der Waals surface area contributed by atoms with Crippen LogP contribution in [-0.4, -0.2) is 44.8 Å². The third kappa shape index (κ3) is 2.02. The fourth-order valence-electron chi connectivity index (χ4n) is 1.84. The molecule has 0 aromatic carbocycles. The molecule has 0 radical (unpaired) electrons. The zero-order valence-electron chi connectivity index (χ0n) is 8.71. The van der Waals surface area contributed by atoms with Crippen molar-refractivity contribution in [2.24, 2.45) is 5.92 Å². The number of hydrogen-bond acceptors (Lipinski definition) is 3. The van der Waals surface area contributed by atoms with E-state index in [1.54, 1.807) is 17.3 Å². The Hall–Kier alpha value is -1.36. The molecule has 2 atom stereocenters. The van der Waals surface area contributed by atoms with Gasteiger partial charge in [-0.05, 0) is 12.3 Å². The molecule has 15 heavy (non-hydrogen) atoms. The molecule has 0 saturated carbocycles. The number of hydrogen-bond donors (Lipinski definition) is 1. The van der Waals surface area contributed by atoms with Crippen LogP contribution in [0, 0.1) is 5.92 Å². The lowest BCUT2D eigenvalue weighted by Gasteiger charge is -2.34. The first-order chi connectivity index (χ1) is 7.18. The molecule has 2 heterocycles. The topological polar surface area (TPSA) is 58.4 Å². The van der Waals surface area contributed by atoms with Gasteiger partial charge in [-0.3, -0.25) is 4.57 Å². The van der Waals surface area contributed by atoms with E-state index in [-0.39, 0.29) is 18.1 Å². The average Bonchev–Trinajstić information content (AvgIpc) is 2.74. The lowest BCUT2D eigenvalue weighted by atomic mass is 9.97. The molecule has 1 N–H and O–H groups in total. The first-order valence-electron chi connectivity index (χ1n) is 5.14. The van der Waals surface area contributed by atoms with Crippen LogP contribution < -0.4 is 0 Å². The summed E-state index contributed by atoms with van der Waals surface area (Å²) in [7, 11) is 0. The number of likely N-dealkylation sites (tertiary alicyclic amines) is 1. The average molecular weight is 209 g/mol. The van der Waals surface area contributed by atoms with Gasteiger partial charge in [0.15, 0.2) is 0 Å². The Morgan fingerprint density at radius 2 is 2.40 bits per heavy atom. The number of carbonyl (C=O) groups is 1. The van der Waals surface area contributed by atoms with E-state index in [2.05, 4.69) is 4.98 Å². The minimum absolute atomic E-state index is 0.0637. The van der Waals surface area contributed by atoms with Crippen LogP contribution in [0.5, 0.6) is 0 Å². The molecule has 2 rings (SSSR count). The van der Waals surface area contributed by atoms with Gasteiger partial charge in [-0.1, -0.05) is 6.92 Å². The van der Waals surface area contributed by atoms with E-state index < -0.39 is 0 Å². The van der Waals surface area contributed by atoms with Crippen molar-refractivity contribution < 1.29 is 9.90 Å². The van der Waals surface area contributed by atoms with Crippen molar-refractivity contribution in [3.63, 3.8) is 0 Å². The molecule has 1 saturated heterocycles. The van der Waals surface area contributed by atoms with Crippen molar-refractivity contribution in [1.82, 2.24) is 14.5 Å². The molecule has 5 heteroatoms. The summed E-state index contributed by atoms with van der Waals surface area (Å²) in [5.74, 6) is 0.145. The van der Waals surface area contributed by atoms with Gasteiger partial charge < -0.3 is 10.0 Å². The van der Waals surface area contributed by atoms with Gasteiger partial charge >= 0.3 is 6.03 Å². The second-order valence-electron chi connectivity index (χ2n) is 4.03. The molecule has 1 amide bonds. The fourth-order valence-corrected chi connectivity index (χ4v) is 1.84. The number of rotatable bonds is 0. The zero-order chi connectivity index (χ0) is 10.8. The van der Waals surface area contributed by atoms with E-state index in [9.17, 15) is 9.90 Å². The third-order valence-electron chi connectivity index (χ3n) is 2.86. The first kappa shape index (κ1) is 10.2. The van der Waals surface area contributed by atoms with Gasteiger partial charge in [-0.15, -0.1) is 0 Å². The van der Waals surface area contributed by atoms with Gasteiger partial charge in [0.25, 0.3) is 0 Å². The number of aliphatic hydroxyl groups excluding tert-OH is 1. The van der Waals surface area contributed by atoms with Crippen molar-refractivity contribution in [2.75, 3.05) is 13.1 Å². The molecular formula is C10H15N3O2. The SMILES string of the molecule is CC1CN(C(=O)n2ccnc2)CCC1O. The van der Waals surface area contributed by atoms with Gasteiger partial charge in [0, 0.05) is 25.5 Å². The highest BCUT2D eigenvalue weighted by molar-refractivity contribution is 5.76. The summed E-state index contributed by atoms with van der Waals surface area (Å²) in [6, 6.07) is -0.0637. The molecular weight excluding hydrogens is 194 g/mol. The van der Waals surface area contributed by atoms with Gasteiger partial charge in [0.1, 0.15) is 6.33 Å². The molecule has 1 aromatic rings. The van der Waals surface area contributed by atoms with E-state index in [1.807, 2.05) is 6.92 Å². The number of piperidine rings is 1. The maximum atomic E-state index is 11.9. The molecule has 2 unspecified atom stereocenters. The van der Waals surface area contributed by atoms with Crippen molar-refractivity contribution in [3.8, 4) is 0 Å². The smallest absolute Gasteiger partial charge is 0.329 e. The van der Waals surface area contributed by atoms with E-state index >= 15 is 0 Å². The van der Waals surface area contributed by atoms with E-state index in [0.717, 1.165) is 0 Å². The van der Waals surface area contributed by atoms with Crippen molar-refractivity contribution in [2.45, 2.75) is 19.4 Å². The quantitative estimate of drug-likeness (QED) is 0.679. The Bertz CT molecular complexity index is 336. The third-order valence-corrected chi connectivity index (χ3v) is 2.86. The van der Waals surface area contributed by atoms with E-state index in [1.165, 1.54) is 10.9 Å². The summed E-state index contributed by atoms with van der Waals surface area (Å²) >= 11 is 0. The molecule has 1 fully saturated rings. The van der Waals surface area contributed by atoms with Crippen LogP contribution in [-0.2, 0) is 0 Å². The Labute approximate surface area is 88.3 Å². The number of imidazole rings is 1. The Kier molecular flexibility index (Phi) is 2.73. The molecule has 5 nitrogen and oxygen atoms in total. The fraction of sp³-hybridized carbons (Fsp3) is 0.600. The first-order valence-corrected chi connectivity index (χ1v) is 5.14. The van der Waals surface area contributed by atoms with Crippen molar-refractivity contribution >= 4 is 6.03 Å². The molecule has 1 aromatic heterocycles. The molecule has 1 aliphatic rings. The maximum absolute atomic E-state index is 11.9. The Morgan fingerprint density at radius 1 is 1.60 bits per heavy atom. The molecule has 0 spiro atoms. The molecule has 0 aliphatic carbocycles. The normalized spacial score (nSPS) is 26.7. The van der Waals surface area contributed by atoms with Crippen LogP contribution in [0.3, 0.4) is 0 Å². The lowest BCUT2D eigenvalue weighted by Crippen LogP contribution is -2.46. The van der Waals surface area contributed by atoms with Crippen LogP contribution in [0.15, 0.2) is 18.7 Å². The Balaban J connectivity index is 2.03. The summed E-state index contributed by atoms with van der Waals surface area (Å²) < 4.78 is 1.46. The maximum Gasteiger partial charge on any atom is 0.329 e. The summed E-state index contributed by atoms with van der Waals surface area (Å²) in [5, 5.41) is 9.55. The molecule has 0 bridgehead atoms. The number of aromatic nitrogens is 2. The Morgan fingerprint density at radius 3 is 3.00 bits per heavy atom. The highest BCUT2D eigenvalue weighted by Crippen LogP contribution is 2.17. The predicted octanol–water partition coefficient (Wildman–Crippen LogP) is 0.554. The lowest BCUT2D eigenvalue weighted by molar-refractivity contribution is 0.0483. The monoisotopic (exact) mass is 209 g/mol. The van der Waals surface area contributed by atoms with Crippen LogP contribution in [0.1, 0.15) is 13.3 Å². The predicted molar refractivity (Wildman–Crippen MR) is 54.4 cm³/mol. The molecule has 82 valence electrons. The summed E-state index contributed by atoms with van der Waals surface area (Å²) in [6.45, 7) is 3.18. The van der Waals surface area contributed by atoms with Crippen LogP contribution in [0.25, 0.3) is 0 Å². The largest absolute Gasteiger partial charge is 0.393 e. The second-order valence-corrected chi connectivity index (χ2v) is 4.03. The van der Waals surface area contributed by atoms with Crippen LogP contribution in [0.4, 0.5) is 4.79 Å². The summed E-state index contributed by atoms with van der Waals surface area (Å²) in [5.41, 5.74) is 0. The highest BCUT2D eigenvalue weighted by atomic mass is 16.3. The van der Waals surface area contributed by atoms with E-state index in [4.69, 9.17) is 0 Å². The van der Waals surface area contributed by atoms with Gasteiger partial charge in [-0.2, -0.15) is 0 Å². The minimum atomic E-state index is -0.281. The highest BCUT2D eigenvalue weighted by Gasteiger charge is 2.27. The minimum Gasteiger partial charge on any atom is -0.393 e. The van der Waals surface area contributed by atoms with Gasteiger partial charge in [0.05, 0.1) is 6.10 Å². The van der Waals surface area contributed by atoms with Gasteiger partial charge in [-0.25, -0.2) is 9.78 Å². The zero-order valence-corrected chi connectivity index (χ0v) is 8.71. The van der Waals surface area contributed by atoms with Crippen LogP contribution in [0.2, 0.25) is 0 Å². The number of aliphatic hydroxyl groups is 1. The number of amides is 1. The summed E-state index contributed by atoms with van der Waals surface area (Å²) in [4.78, 5) is 17.5. The number of nitrogens with zero attached hydrogens (tertiary/aromatic N) is 3. The van der Waals surface area contributed by atoms with E-state index in [0.29, 0.717) is 19.5 Å². The standard InChI is InChI=1S/C10H15N3O2/c1-8-6-12(4-2-9(8)14)10(15)13-5-3-11-7-13/h3,5,7-9,14H,2,4,6H2,1H3. The molecule has 1 aliphatic heterocycles.